The third-order valence-corrected chi connectivity index (χ3v) is 8.31. The number of aryl methyl sites for hydroxylation is 1. The molecule has 1 N–H and O–H groups in total. The van der Waals surface area contributed by atoms with Gasteiger partial charge in [0.05, 0.1) is 28.6 Å². The first-order valence-electron chi connectivity index (χ1n) is 10.8. The summed E-state index contributed by atoms with van der Waals surface area (Å²) in [6, 6.07) is 18.6. The van der Waals surface area contributed by atoms with Gasteiger partial charge in [-0.25, -0.2) is 16.8 Å². The van der Waals surface area contributed by atoms with Gasteiger partial charge in [-0.1, -0.05) is 36.4 Å². The molecule has 3 rings (SSSR count). The fraction of sp³-hybridized carbons (Fsp3) is 0.240. The van der Waals surface area contributed by atoms with Crippen LogP contribution in [0.15, 0.2) is 82.6 Å². The number of hydrogen-bond donors (Lipinski definition) is 1. The number of nitrogens with zero attached hydrogens (tertiary/aromatic N) is 1. The zero-order valence-electron chi connectivity index (χ0n) is 19.9. The van der Waals surface area contributed by atoms with Crippen molar-refractivity contribution >= 4 is 31.5 Å². The number of carbonyl (C=O) groups is 1. The minimum Gasteiger partial charge on any atom is -0.495 e. The molecule has 0 aliphatic carbocycles. The Kier molecular flexibility index (Phi) is 7.86. The zero-order chi connectivity index (χ0) is 25.8. The van der Waals surface area contributed by atoms with Crippen molar-refractivity contribution in [1.82, 2.24) is 5.32 Å². The summed E-state index contributed by atoms with van der Waals surface area (Å²) in [5.74, 6) is -0.222. The molecule has 0 heterocycles. The molecule has 0 radical (unpaired) electrons. The number of ether oxygens (including phenoxy) is 1. The fourth-order valence-corrected chi connectivity index (χ4v) is 5.59. The van der Waals surface area contributed by atoms with E-state index in [1.807, 2.05) is 6.92 Å². The molecule has 3 aromatic carbocycles. The second-order valence-corrected chi connectivity index (χ2v) is 12.0. The van der Waals surface area contributed by atoms with Crippen LogP contribution in [0.2, 0.25) is 0 Å². The van der Waals surface area contributed by atoms with Crippen LogP contribution < -0.4 is 14.4 Å². The molecule has 3 aromatic rings. The first kappa shape index (κ1) is 26.2. The molecule has 0 bridgehead atoms. The van der Waals surface area contributed by atoms with Gasteiger partial charge in [0, 0.05) is 6.26 Å². The second-order valence-electron chi connectivity index (χ2n) is 8.13. The SMILES string of the molecule is COc1ccc(C)cc1N(CC(=O)N[C@H](C)c1ccc(S(C)(=O)=O)cc1)S(=O)(=O)c1ccccc1. The molecule has 0 spiro atoms. The molecular formula is C25H28N2O6S2. The Morgan fingerprint density at radius 2 is 1.57 bits per heavy atom. The molecular weight excluding hydrogens is 488 g/mol. The van der Waals surface area contributed by atoms with Gasteiger partial charge in [-0.15, -0.1) is 0 Å². The van der Waals surface area contributed by atoms with E-state index in [2.05, 4.69) is 5.32 Å². The van der Waals surface area contributed by atoms with Gasteiger partial charge in [-0.05, 0) is 61.4 Å². The monoisotopic (exact) mass is 516 g/mol. The van der Waals surface area contributed by atoms with Crippen LogP contribution in [0.3, 0.4) is 0 Å². The molecule has 0 aliphatic heterocycles. The lowest BCUT2D eigenvalue weighted by molar-refractivity contribution is -0.120. The maximum atomic E-state index is 13.6. The number of sulfonamides is 1. The molecule has 10 heteroatoms. The molecule has 8 nitrogen and oxygen atoms in total. The zero-order valence-corrected chi connectivity index (χ0v) is 21.6. The number of rotatable bonds is 9. The highest BCUT2D eigenvalue weighted by Gasteiger charge is 2.30. The summed E-state index contributed by atoms with van der Waals surface area (Å²) < 4.78 is 56.9. The van der Waals surface area contributed by atoms with Crippen LogP contribution in [0.25, 0.3) is 0 Å². The summed E-state index contributed by atoms with van der Waals surface area (Å²) in [4.78, 5) is 13.3. The van der Waals surface area contributed by atoms with E-state index >= 15 is 0 Å². The third-order valence-electron chi connectivity index (χ3n) is 5.41. The maximum absolute atomic E-state index is 13.6. The number of sulfone groups is 1. The van der Waals surface area contributed by atoms with Crippen molar-refractivity contribution in [3.8, 4) is 5.75 Å². The average molecular weight is 517 g/mol. The van der Waals surface area contributed by atoms with Crippen LogP contribution in [-0.4, -0.2) is 42.7 Å². The summed E-state index contributed by atoms with van der Waals surface area (Å²) in [6.45, 7) is 3.07. The van der Waals surface area contributed by atoms with Gasteiger partial charge < -0.3 is 10.1 Å². The quantitative estimate of drug-likeness (QED) is 0.466. The van der Waals surface area contributed by atoms with E-state index in [9.17, 15) is 21.6 Å². The summed E-state index contributed by atoms with van der Waals surface area (Å²) in [5.41, 5.74) is 1.72. The average Bonchev–Trinajstić information content (AvgIpc) is 2.82. The third kappa shape index (κ3) is 6.20. The number of anilines is 1. The van der Waals surface area contributed by atoms with Gasteiger partial charge in [0.15, 0.2) is 9.84 Å². The van der Waals surface area contributed by atoms with Gasteiger partial charge in [-0.2, -0.15) is 0 Å². The topological polar surface area (TPSA) is 110 Å². The largest absolute Gasteiger partial charge is 0.495 e. The highest BCUT2D eigenvalue weighted by atomic mass is 32.2. The number of amides is 1. The predicted octanol–water partition coefficient (Wildman–Crippen LogP) is 3.48. The Morgan fingerprint density at radius 3 is 2.14 bits per heavy atom. The lowest BCUT2D eigenvalue weighted by atomic mass is 10.1. The normalized spacial score (nSPS) is 12.6. The number of benzene rings is 3. The smallest absolute Gasteiger partial charge is 0.264 e. The Labute approximate surface area is 206 Å². The number of carbonyl (C=O) groups excluding carboxylic acids is 1. The van der Waals surface area contributed by atoms with Crippen LogP contribution in [-0.2, 0) is 24.7 Å². The van der Waals surface area contributed by atoms with Crippen molar-refractivity contribution in [3.63, 3.8) is 0 Å². The minimum atomic E-state index is -4.10. The van der Waals surface area contributed by atoms with Gasteiger partial charge in [-0.3, -0.25) is 9.10 Å². The lowest BCUT2D eigenvalue weighted by Crippen LogP contribution is -2.41. The Morgan fingerprint density at radius 1 is 0.943 bits per heavy atom. The van der Waals surface area contributed by atoms with Crippen molar-refractivity contribution in [2.24, 2.45) is 0 Å². The van der Waals surface area contributed by atoms with Gasteiger partial charge in [0.1, 0.15) is 12.3 Å². The molecule has 1 amide bonds. The maximum Gasteiger partial charge on any atom is 0.264 e. The van der Waals surface area contributed by atoms with E-state index in [0.717, 1.165) is 16.1 Å². The van der Waals surface area contributed by atoms with E-state index in [1.165, 1.54) is 31.4 Å². The fourth-order valence-electron chi connectivity index (χ4n) is 3.52. The first-order chi connectivity index (χ1) is 16.4. The van der Waals surface area contributed by atoms with Crippen molar-refractivity contribution in [2.75, 3.05) is 24.2 Å². The number of hydrogen-bond acceptors (Lipinski definition) is 6. The molecule has 0 unspecified atom stereocenters. The minimum absolute atomic E-state index is 0.0424. The summed E-state index contributed by atoms with van der Waals surface area (Å²) >= 11 is 0. The number of nitrogens with one attached hydrogen (secondary N) is 1. The van der Waals surface area contributed by atoms with Gasteiger partial charge >= 0.3 is 0 Å². The van der Waals surface area contributed by atoms with Crippen LogP contribution in [0.4, 0.5) is 5.69 Å². The summed E-state index contributed by atoms with van der Waals surface area (Å²) in [7, 11) is -6.00. The summed E-state index contributed by atoms with van der Waals surface area (Å²) in [5, 5.41) is 2.79. The summed E-state index contributed by atoms with van der Waals surface area (Å²) in [6.07, 6.45) is 1.12. The van der Waals surface area contributed by atoms with Crippen molar-refractivity contribution in [3.05, 3.63) is 83.9 Å². The van der Waals surface area contributed by atoms with Crippen molar-refractivity contribution in [2.45, 2.75) is 29.7 Å². The van der Waals surface area contributed by atoms with Crippen LogP contribution >= 0.6 is 0 Å². The lowest BCUT2D eigenvalue weighted by Gasteiger charge is -2.26. The molecule has 0 aliphatic rings. The van der Waals surface area contributed by atoms with Crippen molar-refractivity contribution < 1.29 is 26.4 Å². The molecule has 0 fully saturated rings. The van der Waals surface area contributed by atoms with Gasteiger partial charge in [0.2, 0.25) is 5.91 Å². The van der Waals surface area contributed by atoms with Crippen LogP contribution in [0, 0.1) is 6.92 Å². The molecule has 0 aromatic heterocycles. The molecule has 186 valence electrons. The molecule has 35 heavy (non-hydrogen) atoms. The first-order valence-corrected chi connectivity index (χ1v) is 14.1. The van der Waals surface area contributed by atoms with Gasteiger partial charge in [0.25, 0.3) is 10.0 Å². The predicted molar refractivity (Wildman–Crippen MR) is 135 cm³/mol. The van der Waals surface area contributed by atoms with Crippen LogP contribution in [0.5, 0.6) is 5.75 Å². The molecule has 0 saturated heterocycles. The number of methoxy groups -OCH3 is 1. The highest BCUT2D eigenvalue weighted by Crippen LogP contribution is 2.33. The molecule has 0 saturated carbocycles. The van der Waals surface area contributed by atoms with E-state index in [-0.39, 0.29) is 15.5 Å². The Balaban J connectivity index is 1.92. The highest BCUT2D eigenvalue weighted by molar-refractivity contribution is 7.93. The Bertz CT molecular complexity index is 1400. The Hall–Kier alpha value is -3.37. The molecule has 1 atom stereocenters. The van der Waals surface area contributed by atoms with Crippen molar-refractivity contribution in [1.29, 1.82) is 0 Å². The van der Waals surface area contributed by atoms with E-state index in [0.29, 0.717) is 11.3 Å². The van der Waals surface area contributed by atoms with E-state index < -0.39 is 38.4 Å². The second kappa shape index (κ2) is 10.5. The standard InChI is InChI=1S/C25H28N2O6S2/c1-18-10-15-24(33-3)23(16-18)27(35(31,32)22-8-6-5-7-9-22)17-25(28)26-19(2)20-11-13-21(14-12-20)34(4,29)30/h5-16,19H,17H2,1-4H3,(H,26,28)/t19-/m1/s1. The van der Waals surface area contributed by atoms with E-state index in [1.54, 1.807) is 55.5 Å². The van der Waals surface area contributed by atoms with E-state index in [4.69, 9.17) is 4.74 Å². The van der Waals surface area contributed by atoms with Crippen LogP contribution in [0.1, 0.15) is 24.1 Å².